The Balaban J connectivity index is 2.64. The van der Waals surface area contributed by atoms with Crippen molar-refractivity contribution in [2.24, 2.45) is 0 Å². The lowest BCUT2D eigenvalue weighted by atomic mass is 10.0. The predicted octanol–water partition coefficient (Wildman–Crippen LogP) is 3.81. The van der Waals surface area contributed by atoms with Crippen molar-refractivity contribution in [2.75, 3.05) is 6.54 Å². The minimum Gasteiger partial charge on any atom is -0.311 e. The molecule has 0 bridgehead atoms. The van der Waals surface area contributed by atoms with E-state index in [4.69, 9.17) is 0 Å². The second-order valence-corrected chi connectivity index (χ2v) is 7.01. The Morgan fingerprint density at radius 1 is 1.22 bits per heavy atom. The van der Waals surface area contributed by atoms with Crippen LogP contribution in [0.2, 0.25) is 0 Å². The number of hydrogen-bond donors (Lipinski definition) is 1. The molecule has 2 heteroatoms. The molecule has 1 heterocycles. The van der Waals surface area contributed by atoms with Gasteiger partial charge in [0.1, 0.15) is 0 Å². The molecule has 0 aliphatic carbocycles. The third-order valence-electron chi connectivity index (χ3n) is 4.23. The van der Waals surface area contributed by atoms with Gasteiger partial charge in [0.05, 0.1) is 0 Å². The van der Waals surface area contributed by atoms with E-state index in [0.29, 0.717) is 0 Å². The van der Waals surface area contributed by atoms with Gasteiger partial charge in [-0.2, -0.15) is 0 Å². The van der Waals surface area contributed by atoms with Crippen molar-refractivity contribution in [3.8, 4) is 0 Å². The molecule has 18 heavy (non-hydrogen) atoms. The van der Waals surface area contributed by atoms with Crippen molar-refractivity contribution < 1.29 is 0 Å². The van der Waals surface area contributed by atoms with E-state index >= 15 is 0 Å². The van der Waals surface area contributed by atoms with Gasteiger partial charge in [-0.15, -0.1) is 0 Å². The largest absolute Gasteiger partial charge is 0.311 e. The smallest absolute Gasteiger partial charge is 0.0226 e. The Kier molecular flexibility index (Phi) is 6.13. The fourth-order valence-corrected chi connectivity index (χ4v) is 3.28. The fourth-order valence-electron chi connectivity index (χ4n) is 3.28. The van der Waals surface area contributed by atoms with Crippen molar-refractivity contribution in [2.45, 2.75) is 97.3 Å². The number of hydrogen-bond acceptors (Lipinski definition) is 2. The van der Waals surface area contributed by atoms with E-state index < -0.39 is 0 Å². The first-order chi connectivity index (χ1) is 8.39. The highest BCUT2D eigenvalue weighted by Gasteiger charge is 2.34. The summed E-state index contributed by atoms with van der Waals surface area (Å²) in [6, 6.07) is 2.31. The lowest BCUT2D eigenvalue weighted by Crippen LogP contribution is -2.51. The molecule has 0 aromatic carbocycles. The molecule has 0 aromatic heterocycles. The van der Waals surface area contributed by atoms with Crippen LogP contribution in [0, 0.1) is 0 Å². The maximum atomic E-state index is 3.71. The summed E-state index contributed by atoms with van der Waals surface area (Å²) in [4.78, 5) is 2.81. The summed E-state index contributed by atoms with van der Waals surface area (Å²) in [6.07, 6.45) is 6.70. The van der Waals surface area contributed by atoms with Gasteiger partial charge >= 0.3 is 0 Å². The van der Waals surface area contributed by atoms with Crippen LogP contribution in [-0.2, 0) is 0 Å². The molecule has 0 spiro atoms. The highest BCUT2D eigenvalue weighted by atomic mass is 15.2. The van der Waals surface area contributed by atoms with Crippen LogP contribution in [0.3, 0.4) is 0 Å². The van der Waals surface area contributed by atoms with Gasteiger partial charge in [0, 0.05) is 30.2 Å². The van der Waals surface area contributed by atoms with Gasteiger partial charge in [-0.25, -0.2) is 0 Å². The van der Waals surface area contributed by atoms with Crippen molar-refractivity contribution in [3.63, 3.8) is 0 Å². The summed E-state index contributed by atoms with van der Waals surface area (Å²) < 4.78 is 0. The van der Waals surface area contributed by atoms with Crippen LogP contribution in [0.15, 0.2) is 0 Å². The van der Waals surface area contributed by atoms with Crippen LogP contribution in [-0.4, -0.2) is 35.1 Å². The van der Waals surface area contributed by atoms with Crippen LogP contribution in [0.5, 0.6) is 0 Å². The van der Waals surface area contributed by atoms with E-state index in [0.717, 1.165) is 24.7 Å². The molecule has 1 saturated heterocycles. The topological polar surface area (TPSA) is 15.3 Å². The van der Waals surface area contributed by atoms with Crippen molar-refractivity contribution in [1.29, 1.82) is 0 Å². The molecular formula is C16H34N2. The summed E-state index contributed by atoms with van der Waals surface area (Å²) in [5.74, 6) is 0. The quantitative estimate of drug-likeness (QED) is 0.775. The summed E-state index contributed by atoms with van der Waals surface area (Å²) in [6.45, 7) is 15.0. The molecule has 1 fully saturated rings. The summed E-state index contributed by atoms with van der Waals surface area (Å²) in [5.41, 5.74) is 0.233. The van der Waals surface area contributed by atoms with Gasteiger partial charge in [0.15, 0.2) is 0 Å². The molecule has 0 saturated carbocycles. The van der Waals surface area contributed by atoms with Crippen LogP contribution in [0.4, 0.5) is 0 Å². The molecule has 0 aromatic rings. The Morgan fingerprint density at radius 2 is 1.89 bits per heavy atom. The molecule has 1 N–H and O–H groups in total. The zero-order valence-electron chi connectivity index (χ0n) is 13.4. The minimum absolute atomic E-state index is 0.233. The molecule has 1 rings (SSSR count). The van der Waals surface area contributed by atoms with Crippen molar-refractivity contribution in [1.82, 2.24) is 10.2 Å². The lowest BCUT2D eigenvalue weighted by Gasteiger charge is -2.38. The zero-order chi connectivity index (χ0) is 13.8. The zero-order valence-corrected chi connectivity index (χ0v) is 13.4. The summed E-state index contributed by atoms with van der Waals surface area (Å²) >= 11 is 0. The second kappa shape index (κ2) is 6.91. The standard InChI is InChI=1S/C16H34N2/c1-7-9-15(12-17-16(4,5)6)18-13(3)10-11-14(18)8-2/h13-15,17H,7-12H2,1-6H3. The molecule has 0 radical (unpaired) electrons. The van der Waals surface area contributed by atoms with Gasteiger partial charge in [0.25, 0.3) is 0 Å². The average molecular weight is 254 g/mol. The van der Waals surface area contributed by atoms with Gasteiger partial charge in [-0.1, -0.05) is 20.3 Å². The Hall–Kier alpha value is -0.0800. The molecule has 108 valence electrons. The molecule has 1 aliphatic rings. The van der Waals surface area contributed by atoms with E-state index in [9.17, 15) is 0 Å². The first kappa shape index (κ1) is 16.0. The van der Waals surface area contributed by atoms with E-state index in [-0.39, 0.29) is 5.54 Å². The maximum Gasteiger partial charge on any atom is 0.0226 e. The Bertz CT molecular complexity index is 232. The van der Waals surface area contributed by atoms with E-state index in [2.05, 4.69) is 51.8 Å². The number of likely N-dealkylation sites (tertiary alicyclic amines) is 1. The van der Waals surface area contributed by atoms with Gasteiger partial charge < -0.3 is 5.32 Å². The predicted molar refractivity (Wildman–Crippen MR) is 81.1 cm³/mol. The average Bonchev–Trinajstić information content (AvgIpc) is 2.64. The van der Waals surface area contributed by atoms with Crippen molar-refractivity contribution in [3.05, 3.63) is 0 Å². The molecule has 3 unspecified atom stereocenters. The first-order valence-corrected chi connectivity index (χ1v) is 7.91. The van der Waals surface area contributed by atoms with Crippen LogP contribution in [0.25, 0.3) is 0 Å². The normalized spacial score (nSPS) is 27.7. The molecule has 1 aliphatic heterocycles. The minimum atomic E-state index is 0.233. The van der Waals surface area contributed by atoms with Crippen LogP contribution in [0.1, 0.15) is 73.6 Å². The summed E-state index contributed by atoms with van der Waals surface area (Å²) in [7, 11) is 0. The molecule has 2 nitrogen and oxygen atoms in total. The molecule has 0 amide bonds. The number of rotatable bonds is 6. The Labute approximate surface area is 115 Å². The Morgan fingerprint density at radius 3 is 2.39 bits per heavy atom. The second-order valence-electron chi connectivity index (χ2n) is 7.01. The molecular weight excluding hydrogens is 220 g/mol. The van der Waals surface area contributed by atoms with E-state index in [1.165, 1.54) is 32.1 Å². The fraction of sp³-hybridized carbons (Fsp3) is 1.00. The number of nitrogens with one attached hydrogen (secondary N) is 1. The lowest BCUT2D eigenvalue weighted by molar-refractivity contribution is 0.117. The van der Waals surface area contributed by atoms with Gasteiger partial charge in [-0.3, -0.25) is 4.90 Å². The molecule has 3 atom stereocenters. The third kappa shape index (κ3) is 4.55. The third-order valence-corrected chi connectivity index (χ3v) is 4.23. The summed E-state index contributed by atoms with van der Waals surface area (Å²) in [5, 5.41) is 3.71. The van der Waals surface area contributed by atoms with E-state index in [1.54, 1.807) is 0 Å². The number of nitrogens with zero attached hydrogens (tertiary/aromatic N) is 1. The van der Waals surface area contributed by atoms with Crippen LogP contribution >= 0.6 is 0 Å². The van der Waals surface area contributed by atoms with Gasteiger partial charge in [-0.05, 0) is 53.4 Å². The highest BCUT2D eigenvalue weighted by molar-refractivity contribution is 4.91. The van der Waals surface area contributed by atoms with E-state index in [1.807, 2.05) is 0 Å². The van der Waals surface area contributed by atoms with Gasteiger partial charge in [0.2, 0.25) is 0 Å². The van der Waals surface area contributed by atoms with Crippen molar-refractivity contribution >= 4 is 0 Å². The van der Waals surface area contributed by atoms with Crippen LogP contribution < -0.4 is 5.32 Å². The SMILES string of the molecule is CCCC(CNC(C)(C)C)N1C(C)CCC1CC. The highest BCUT2D eigenvalue weighted by Crippen LogP contribution is 2.29. The maximum absolute atomic E-state index is 3.71. The monoisotopic (exact) mass is 254 g/mol. The first-order valence-electron chi connectivity index (χ1n) is 7.91.